The maximum absolute atomic E-state index is 3.56. The van der Waals surface area contributed by atoms with Crippen LogP contribution in [0, 0.1) is 5.92 Å². The van der Waals surface area contributed by atoms with Gasteiger partial charge in [-0.1, -0.05) is 48.8 Å². The van der Waals surface area contributed by atoms with E-state index in [-0.39, 0.29) is 0 Å². The molecule has 1 aromatic carbocycles. The fraction of sp³-hybridized carbons (Fsp3) is 0.571. The average Bonchev–Trinajstić information content (AvgIpc) is 2.24. The van der Waals surface area contributed by atoms with Gasteiger partial charge in [-0.05, 0) is 43.0 Å². The summed E-state index contributed by atoms with van der Waals surface area (Å²) in [6.45, 7) is 7.80. The van der Waals surface area contributed by atoms with Crippen LogP contribution in [0.15, 0.2) is 28.7 Å². The van der Waals surface area contributed by atoms with Gasteiger partial charge in [0.05, 0.1) is 0 Å². The van der Waals surface area contributed by atoms with E-state index in [1.807, 2.05) is 0 Å². The van der Waals surface area contributed by atoms with Crippen molar-refractivity contribution in [2.45, 2.75) is 39.7 Å². The van der Waals surface area contributed by atoms with Gasteiger partial charge in [0.15, 0.2) is 0 Å². The van der Waals surface area contributed by atoms with Crippen molar-refractivity contribution in [3.05, 3.63) is 34.3 Å². The molecule has 1 aromatic rings. The SMILES string of the molecule is CCNC(CCc1cccc(Br)c1)C(C)C. The molecule has 0 heterocycles. The van der Waals surface area contributed by atoms with Crippen molar-refractivity contribution in [2.75, 3.05) is 6.54 Å². The van der Waals surface area contributed by atoms with E-state index in [9.17, 15) is 0 Å². The minimum Gasteiger partial charge on any atom is -0.314 e. The topological polar surface area (TPSA) is 12.0 Å². The van der Waals surface area contributed by atoms with Crippen molar-refractivity contribution < 1.29 is 0 Å². The second kappa shape index (κ2) is 7.08. The first-order valence-corrected chi connectivity index (χ1v) is 6.90. The summed E-state index contributed by atoms with van der Waals surface area (Å²) in [7, 11) is 0. The zero-order valence-corrected chi connectivity index (χ0v) is 12.0. The average molecular weight is 284 g/mol. The van der Waals surface area contributed by atoms with Crippen LogP contribution in [0.2, 0.25) is 0 Å². The van der Waals surface area contributed by atoms with E-state index < -0.39 is 0 Å². The third kappa shape index (κ3) is 4.67. The molecular weight excluding hydrogens is 262 g/mol. The Balaban J connectivity index is 2.48. The molecule has 0 fully saturated rings. The zero-order valence-electron chi connectivity index (χ0n) is 10.5. The fourth-order valence-corrected chi connectivity index (χ4v) is 2.39. The summed E-state index contributed by atoms with van der Waals surface area (Å²) in [6, 6.07) is 9.23. The molecule has 0 aliphatic heterocycles. The first kappa shape index (κ1) is 13.7. The molecule has 90 valence electrons. The predicted octanol–water partition coefficient (Wildman–Crippen LogP) is 4.02. The minimum atomic E-state index is 0.629. The third-order valence-corrected chi connectivity index (χ3v) is 3.40. The Hall–Kier alpha value is -0.340. The minimum absolute atomic E-state index is 0.629. The lowest BCUT2D eigenvalue weighted by molar-refractivity contribution is 0.385. The summed E-state index contributed by atoms with van der Waals surface area (Å²) in [6.07, 6.45) is 2.36. The molecule has 0 aliphatic rings. The Bertz CT molecular complexity index is 309. The van der Waals surface area contributed by atoms with Gasteiger partial charge in [0.1, 0.15) is 0 Å². The van der Waals surface area contributed by atoms with E-state index in [1.54, 1.807) is 0 Å². The third-order valence-electron chi connectivity index (χ3n) is 2.90. The first-order chi connectivity index (χ1) is 7.63. The molecule has 1 N–H and O–H groups in total. The molecule has 2 heteroatoms. The molecule has 1 nitrogen and oxygen atoms in total. The highest BCUT2D eigenvalue weighted by Gasteiger charge is 2.11. The molecule has 0 saturated carbocycles. The maximum atomic E-state index is 3.56. The summed E-state index contributed by atoms with van der Waals surface area (Å²) in [4.78, 5) is 0. The molecule has 0 aromatic heterocycles. The van der Waals surface area contributed by atoms with Crippen LogP contribution in [0.25, 0.3) is 0 Å². The smallest absolute Gasteiger partial charge is 0.0177 e. The van der Waals surface area contributed by atoms with Gasteiger partial charge in [0.25, 0.3) is 0 Å². The van der Waals surface area contributed by atoms with Crippen molar-refractivity contribution in [1.82, 2.24) is 5.32 Å². The summed E-state index contributed by atoms with van der Waals surface area (Å²) in [5.74, 6) is 0.701. The normalized spacial score (nSPS) is 13.1. The summed E-state index contributed by atoms with van der Waals surface area (Å²) in [5, 5.41) is 3.56. The standard InChI is InChI=1S/C14H22BrN/c1-4-16-14(11(2)3)9-8-12-6-5-7-13(15)10-12/h5-7,10-11,14,16H,4,8-9H2,1-3H3. The molecular formula is C14H22BrN. The molecule has 0 spiro atoms. The van der Waals surface area contributed by atoms with Crippen LogP contribution in [0.3, 0.4) is 0 Å². The molecule has 16 heavy (non-hydrogen) atoms. The molecule has 0 radical (unpaired) electrons. The Morgan fingerprint density at radius 2 is 2.06 bits per heavy atom. The Kier molecular flexibility index (Phi) is 6.07. The van der Waals surface area contributed by atoms with Crippen LogP contribution >= 0.6 is 15.9 Å². The number of aryl methyl sites for hydroxylation is 1. The highest BCUT2D eigenvalue weighted by atomic mass is 79.9. The van der Waals surface area contributed by atoms with E-state index in [2.05, 4.69) is 66.3 Å². The van der Waals surface area contributed by atoms with Crippen LogP contribution in [-0.2, 0) is 6.42 Å². The van der Waals surface area contributed by atoms with E-state index >= 15 is 0 Å². The molecule has 1 atom stereocenters. The van der Waals surface area contributed by atoms with Gasteiger partial charge in [-0.15, -0.1) is 0 Å². The number of halogens is 1. The van der Waals surface area contributed by atoms with Gasteiger partial charge in [-0.2, -0.15) is 0 Å². The van der Waals surface area contributed by atoms with Crippen molar-refractivity contribution in [3.8, 4) is 0 Å². The maximum Gasteiger partial charge on any atom is 0.0177 e. The fourth-order valence-electron chi connectivity index (χ4n) is 1.95. The van der Waals surface area contributed by atoms with E-state index in [0.29, 0.717) is 12.0 Å². The zero-order chi connectivity index (χ0) is 12.0. The van der Waals surface area contributed by atoms with Crippen molar-refractivity contribution in [2.24, 2.45) is 5.92 Å². The predicted molar refractivity (Wildman–Crippen MR) is 74.8 cm³/mol. The molecule has 0 aliphatic carbocycles. The Morgan fingerprint density at radius 1 is 1.31 bits per heavy atom. The number of hydrogen-bond acceptors (Lipinski definition) is 1. The van der Waals surface area contributed by atoms with Crippen LogP contribution in [0.4, 0.5) is 0 Å². The van der Waals surface area contributed by atoms with E-state index in [1.165, 1.54) is 16.5 Å². The summed E-state index contributed by atoms with van der Waals surface area (Å²) in [5.41, 5.74) is 1.41. The van der Waals surface area contributed by atoms with E-state index in [4.69, 9.17) is 0 Å². The van der Waals surface area contributed by atoms with Crippen LogP contribution in [-0.4, -0.2) is 12.6 Å². The lowest BCUT2D eigenvalue weighted by atomic mass is 9.97. The number of rotatable bonds is 6. The summed E-state index contributed by atoms with van der Waals surface area (Å²) >= 11 is 3.51. The largest absolute Gasteiger partial charge is 0.314 e. The van der Waals surface area contributed by atoms with Gasteiger partial charge >= 0.3 is 0 Å². The Morgan fingerprint density at radius 3 is 2.62 bits per heavy atom. The van der Waals surface area contributed by atoms with Crippen LogP contribution in [0.5, 0.6) is 0 Å². The monoisotopic (exact) mass is 283 g/mol. The number of hydrogen-bond donors (Lipinski definition) is 1. The van der Waals surface area contributed by atoms with E-state index in [0.717, 1.165) is 13.0 Å². The number of nitrogens with one attached hydrogen (secondary N) is 1. The molecule has 0 bridgehead atoms. The summed E-state index contributed by atoms with van der Waals surface area (Å²) < 4.78 is 1.18. The second-order valence-corrected chi connectivity index (χ2v) is 5.49. The quantitative estimate of drug-likeness (QED) is 0.832. The van der Waals surface area contributed by atoms with Crippen molar-refractivity contribution in [3.63, 3.8) is 0 Å². The molecule has 0 saturated heterocycles. The van der Waals surface area contributed by atoms with Gasteiger partial charge in [-0.3, -0.25) is 0 Å². The van der Waals surface area contributed by atoms with Crippen LogP contribution < -0.4 is 5.32 Å². The molecule has 0 amide bonds. The van der Waals surface area contributed by atoms with Crippen molar-refractivity contribution >= 4 is 15.9 Å². The van der Waals surface area contributed by atoms with Crippen LogP contribution in [0.1, 0.15) is 32.8 Å². The van der Waals surface area contributed by atoms with Gasteiger partial charge in [0.2, 0.25) is 0 Å². The lowest BCUT2D eigenvalue weighted by Crippen LogP contribution is -2.34. The molecule has 1 unspecified atom stereocenters. The van der Waals surface area contributed by atoms with Gasteiger partial charge in [0, 0.05) is 10.5 Å². The number of benzene rings is 1. The highest BCUT2D eigenvalue weighted by Crippen LogP contribution is 2.15. The lowest BCUT2D eigenvalue weighted by Gasteiger charge is -2.21. The van der Waals surface area contributed by atoms with Gasteiger partial charge < -0.3 is 5.32 Å². The van der Waals surface area contributed by atoms with Crippen molar-refractivity contribution in [1.29, 1.82) is 0 Å². The highest BCUT2D eigenvalue weighted by molar-refractivity contribution is 9.10. The van der Waals surface area contributed by atoms with Gasteiger partial charge in [-0.25, -0.2) is 0 Å². The second-order valence-electron chi connectivity index (χ2n) is 4.58. The first-order valence-electron chi connectivity index (χ1n) is 6.11. The Labute approximate surface area is 108 Å². The molecule has 1 rings (SSSR count).